The zero-order valence-corrected chi connectivity index (χ0v) is 11.5. The summed E-state index contributed by atoms with van der Waals surface area (Å²) in [6, 6.07) is -0.833. The Bertz CT molecular complexity index is 342. The number of carboxylic acids is 1. The number of urea groups is 1. The van der Waals surface area contributed by atoms with E-state index in [0.29, 0.717) is 5.92 Å². The lowest BCUT2D eigenvalue weighted by atomic mass is 9.83. The van der Waals surface area contributed by atoms with E-state index in [1.165, 1.54) is 6.42 Å². The molecule has 0 aromatic heterocycles. The van der Waals surface area contributed by atoms with Crippen LogP contribution in [0.3, 0.4) is 0 Å². The van der Waals surface area contributed by atoms with Gasteiger partial charge < -0.3 is 15.7 Å². The van der Waals surface area contributed by atoms with Crippen molar-refractivity contribution < 1.29 is 14.7 Å². The number of hydrogen-bond donors (Lipinski definition) is 3. The summed E-state index contributed by atoms with van der Waals surface area (Å²) in [4.78, 5) is 23.0. The summed E-state index contributed by atoms with van der Waals surface area (Å²) in [5, 5.41) is 14.7. The van der Waals surface area contributed by atoms with Crippen molar-refractivity contribution in [1.29, 1.82) is 0 Å². The maximum atomic E-state index is 11.9. The lowest BCUT2D eigenvalue weighted by Crippen LogP contribution is -2.52. The predicted octanol–water partition coefficient (Wildman–Crippen LogP) is 2.12. The van der Waals surface area contributed by atoms with Crippen molar-refractivity contribution in [2.45, 2.75) is 64.0 Å². The highest BCUT2D eigenvalue weighted by Crippen LogP contribution is 2.32. The molecule has 0 aromatic carbocycles. The van der Waals surface area contributed by atoms with E-state index in [2.05, 4.69) is 17.6 Å². The Labute approximate surface area is 114 Å². The molecular weight excluding hydrogens is 244 g/mol. The first-order chi connectivity index (χ1) is 9.11. The average molecular weight is 268 g/mol. The summed E-state index contributed by atoms with van der Waals surface area (Å²) in [6.45, 7) is 2.15. The molecule has 19 heavy (non-hydrogen) atoms. The van der Waals surface area contributed by atoms with Crippen molar-refractivity contribution in [3.63, 3.8) is 0 Å². The first-order valence-electron chi connectivity index (χ1n) is 7.41. The number of carbonyl (C=O) groups excluding carboxylic acids is 1. The summed E-state index contributed by atoms with van der Waals surface area (Å²) >= 11 is 0. The molecule has 2 aliphatic carbocycles. The van der Waals surface area contributed by atoms with Gasteiger partial charge in [0.2, 0.25) is 0 Å². The molecule has 0 radical (unpaired) electrons. The lowest BCUT2D eigenvalue weighted by Gasteiger charge is -2.31. The molecule has 0 bridgehead atoms. The fourth-order valence-electron chi connectivity index (χ4n) is 3.05. The van der Waals surface area contributed by atoms with Crippen molar-refractivity contribution >= 4 is 12.0 Å². The Balaban J connectivity index is 1.83. The minimum absolute atomic E-state index is 0.122. The Morgan fingerprint density at radius 1 is 1.21 bits per heavy atom. The predicted molar refractivity (Wildman–Crippen MR) is 71.9 cm³/mol. The third-order valence-electron chi connectivity index (χ3n) is 4.40. The maximum absolute atomic E-state index is 11.9. The summed E-state index contributed by atoms with van der Waals surface area (Å²) in [6.07, 6.45) is 7.41. The van der Waals surface area contributed by atoms with Gasteiger partial charge in [-0.05, 0) is 37.5 Å². The number of hydrogen-bond acceptors (Lipinski definition) is 2. The molecule has 2 fully saturated rings. The topological polar surface area (TPSA) is 78.4 Å². The normalized spacial score (nSPS) is 28.5. The molecule has 0 aliphatic heterocycles. The third-order valence-corrected chi connectivity index (χ3v) is 4.40. The van der Waals surface area contributed by atoms with E-state index in [-0.39, 0.29) is 18.0 Å². The van der Waals surface area contributed by atoms with Crippen LogP contribution in [0.1, 0.15) is 51.9 Å². The van der Waals surface area contributed by atoms with E-state index in [1.54, 1.807) is 0 Å². The third kappa shape index (κ3) is 3.85. The van der Waals surface area contributed by atoms with Gasteiger partial charge in [-0.2, -0.15) is 0 Å². The first kappa shape index (κ1) is 14.2. The lowest BCUT2D eigenvalue weighted by molar-refractivity contribution is -0.139. The zero-order chi connectivity index (χ0) is 13.8. The van der Waals surface area contributed by atoms with Crippen molar-refractivity contribution in [2.24, 2.45) is 11.8 Å². The Morgan fingerprint density at radius 2 is 1.89 bits per heavy atom. The quantitative estimate of drug-likeness (QED) is 0.714. The number of carboxylic acid groups (broad SMARTS) is 1. The van der Waals surface area contributed by atoms with Crippen molar-refractivity contribution in [3.05, 3.63) is 0 Å². The smallest absolute Gasteiger partial charge is 0.326 e. The van der Waals surface area contributed by atoms with E-state index >= 15 is 0 Å². The van der Waals surface area contributed by atoms with Crippen LogP contribution in [-0.4, -0.2) is 29.2 Å². The Morgan fingerprint density at radius 3 is 2.47 bits per heavy atom. The van der Waals surface area contributed by atoms with Gasteiger partial charge in [0.05, 0.1) is 0 Å². The van der Waals surface area contributed by atoms with Gasteiger partial charge in [0.15, 0.2) is 0 Å². The molecule has 5 heteroatoms. The summed E-state index contributed by atoms with van der Waals surface area (Å²) in [5.74, 6) is -0.270. The molecule has 3 atom stereocenters. The zero-order valence-electron chi connectivity index (χ0n) is 11.5. The van der Waals surface area contributed by atoms with Gasteiger partial charge >= 0.3 is 12.0 Å². The highest BCUT2D eigenvalue weighted by Gasteiger charge is 2.37. The van der Waals surface area contributed by atoms with E-state index in [1.807, 2.05) is 0 Å². The molecule has 0 saturated heterocycles. The molecule has 108 valence electrons. The van der Waals surface area contributed by atoms with Crippen LogP contribution in [0.4, 0.5) is 4.79 Å². The summed E-state index contributed by atoms with van der Waals surface area (Å²) in [7, 11) is 0. The second-order valence-corrected chi connectivity index (χ2v) is 5.83. The largest absolute Gasteiger partial charge is 0.480 e. The van der Waals surface area contributed by atoms with Crippen LogP contribution >= 0.6 is 0 Å². The fourth-order valence-corrected chi connectivity index (χ4v) is 3.05. The molecular formula is C14H24N2O3. The molecule has 2 rings (SSSR count). The number of nitrogens with one attached hydrogen (secondary N) is 2. The minimum atomic E-state index is -0.923. The van der Waals surface area contributed by atoms with Gasteiger partial charge in [0.1, 0.15) is 6.04 Å². The van der Waals surface area contributed by atoms with Gasteiger partial charge in [0, 0.05) is 6.04 Å². The number of rotatable bonds is 5. The van der Waals surface area contributed by atoms with Gasteiger partial charge in [0.25, 0.3) is 0 Å². The monoisotopic (exact) mass is 268 g/mol. The Kier molecular flexibility index (Phi) is 4.66. The molecule has 2 amide bonds. The number of carbonyl (C=O) groups is 2. The van der Waals surface area contributed by atoms with Crippen LogP contribution in [0, 0.1) is 11.8 Å². The SMILES string of the molecule is CCC1CCCCC1NC(=O)NC(C(=O)O)C1CC1. The van der Waals surface area contributed by atoms with Gasteiger partial charge in [-0.25, -0.2) is 9.59 Å². The summed E-state index contributed by atoms with van der Waals surface area (Å²) < 4.78 is 0. The first-order valence-corrected chi connectivity index (χ1v) is 7.41. The molecule has 5 nitrogen and oxygen atoms in total. The van der Waals surface area contributed by atoms with Gasteiger partial charge in [-0.15, -0.1) is 0 Å². The van der Waals surface area contributed by atoms with Crippen LogP contribution in [-0.2, 0) is 4.79 Å². The highest BCUT2D eigenvalue weighted by molar-refractivity contribution is 5.83. The molecule has 3 unspecified atom stereocenters. The minimum Gasteiger partial charge on any atom is -0.480 e. The Hall–Kier alpha value is -1.26. The van der Waals surface area contributed by atoms with Crippen molar-refractivity contribution in [1.82, 2.24) is 10.6 Å². The van der Waals surface area contributed by atoms with Crippen molar-refractivity contribution in [3.8, 4) is 0 Å². The van der Waals surface area contributed by atoms with E-state index < -0.39 is 12.0 Å². The van der Waals surface area contributed by atoms with Crippen molar-refractivity contribution in [2.75, 3.05) is 0 Å². The van der Waals surface area contributed by atoms with Crippen LogP contribution in [0.2, 0.25) is 0 Å². The molecule has 2 saturated carbocycles. The van der Waals surface area contributed by atoms with Gasteiger partial charge in [-0.1, -0.05) is 26.2 Å². The van der Waals surface area contributed by atoms with Gasteiger partial charge in [-0.3, -0.25) is 0 Å². The number of amides is 2. The standard InChI is InChI=1S/C14H24N2O3/c1-2-9-5-3-4-6-11(9)15-14(19)16-12(13(17)18)10-7-8-10/h9-12H,2-8H2,1H3,(H,17,18)(H2,15,16,19). The average Bonchev–Trinajstić information content (AvgIpc) is 3.20. The van der Waals surface area contributed by atoms with Crippen LogP contribution < -0.4 is 10.6 Å². The second kappa shape index (κ2) is 6.26. The van der Waals surface area contributed by atoms with E-state index in [0.717, 1.165) is 38.5 Å². The molecule has 3 N–H and O–H groups in total. The molecule has 0 spiro atoms. The van der Waals surface area contributed by atoms with Crippen LogP contribution in [0.25, 0.3) is 0 Å². The maximum Gasteiger partial charge on any atom is 0.326 e. The highest BCUT2D eigenvalue weighted by atomic mass is 16.4. The number of aliphatic carboxylic acids is 1. The summed E-state index contributed by atoms with van der Waals surface area (Å²) in [5.41, 5.74) is 0. The van der Waals surface area contributed by atoms with E-state index in [4.69, 9.17) is 5.11 Å². The van der Waals surface area contributed by atoms with Crippen LogP contribution in [0.5, 0.6) is 0 Å². The fraction of sp³-hybridized carbons (Fsp3) is 0.857. The van der Waals surface area contributed by atoms with Crippen LogP contribution in [0.15, 0.2) is 0 Å². The second-order valence-electron chi connectivity index (χ2n) is 5.83. The molecule has 2 aliphatic rings. The molecule has 0 heterocycles. The molecule has 0 aromatic rings. The van der Waals surface area contributed by atoms with E-state index in [9.17, 15) is 9.59 Å².